The van der Waals surface area contributed by atoms with Crippen LogP contribution in [0.25, 0.3) is 11.1 Å². The molecule has 0 fully saturated rings. The minimum atomic E-state index is -0.438. The highest BCUT2D eigenvalue weighted by molar-refractivity contribution is 7.99. The Kier molecular flexibility index (Phi) is 4.31. The minimum absolute atomic E-state index is 0.0269. The Balaban J connectivity index is 1.56. The van der Waals surface area contributed by atoms with Gasteiger partial charge in [-0.25, -0.2) is 4.79 Å². The van der Waals surface area contributed by atoms with Crippen LogP contribution in [0, 0.1) is 0 Å². The Morgan fingerprint density at radius 3 is 2.96 bits per heavy atom. The van der Waals surface area contributed by atoms with E-state index in [1.54, 1.807) is 22.7 Å². The van der Waals surface area contributed by atoms with E-state index in [0.717, 1.165) is 16.3 Å². The van der Waals surface area contributed by atoms with E-state index in [1.807, 2.05) is 36.4 Å². The summed E-state index contributed by atoms with van der Waals surface area (Å²) < 4.78 is 6.72. The second kappa shape index (κ2) is 6.61. The highest BCUT2D eigenvalue weighted by Gasteiger charge is 2.23. The van der Waals surface area contributed by atoms with E-state index in [1.165, 1.54) is 4.57 Å². The van der Waals surface area contributed by atoms with Crippen molar-refractivity contribution in [1.82, 2.24) is 4.57 Å². The molecule has 0 radical (unpaired) electrons. The van der Waals surface area contributed by atoms with E-state index in [9.17, 15) is 9.59 Å². The molecule has 7 heteroatoms. The number of halogens is 1. The van der Waals surface area contributed by atoms with Crippen molar-refractivity contribution in [1.29, 1.82) is 0 Å². The van der Waals surface area contributed by atoms with Crippen LogP contribution in [0.4, 0.5) is 5.69 Å². The van der Waals surface area contributed by atoms with E-state index in [-0.39, 0.29) is 18.9 Å². The maximum Gasteiger partial charge on any atom is 0.419 e. The number of aryl methyl sites for hydroxylation is 1. The van der Waals surface area contributed by atoms with Crippen LogP contribution in [0.3, 0.4) is 0 Å². The van der Waals surface area contributed by atoms with Crippen LogP contribution in [-0.2, 0) is 11.3 Å². The summed E-state index contributed by atoms with van der Waals surface area (Å²) in [7, 11) is 0. The van der Waals surface area contributed by atoms with Gasteiger partial charge in [0.25, 0.3) is 0 Å². The first kappa shape index (κ1) is 16.3. The van der Waals surface area contributed by atoms with Crippen molar-refractivity contribution < 1.29 is 9.21 Å². The molecule has 0 bridgehead atoms. The molecule has 2 aromatic carbocycles. The van der Waals surface area contributed by atoms with Crippen LogP contribution >= 0.6 is 23.4 Å². The number of carbonyl (C=O) groups is 1. The van der Waals surface area contributed by atoms with Crippen LogP contribution in [0.2, 0.25) is 5.02 Å². The second-order valence-electron chi connectivity index (χ2n) is 5.74. The third-order valence-corrected chi connectivity index (χ3v) is 5.49. The molecule has 1 aromatic heterocycles. The van der Waals surface area contributed by atoms with Gasteiger partial charge in [-0.2, -0.15) is 0 Å². The lowest BCUT2D eigenvalue weighted by molar-refractivity contribution is -0.118. The summed E-state index contributed by atoms with van der Waals surface area (Å²) in [5.74, 6) is 0.377. The molecule has 128 valence electrons. The lowest BCUT2D eigenvalue weighted by atomic mass is 10.2. The zero-order valence-corrected chi connectivity index (χ0v) is 14.8. The Morgan fingerprint density at radius 1 is 1.24 bits per heavy atom. The number of thioether (sulfide) groups is 1. The molecule has 0 spiro atoms. The number of hydrogen-bond donors (Lipinski definition) is 0. The van der Waals surface area contributed by atoms with Crippen LogP contribution in [0.15, 0.2) is 56.6 Å². The standard InChI is InChI=1S/C18H15ClN2O3S/c19-12-5-6-16-14(11-12)20(9-10-25-16)17(22)7-8-21-13-3-1-2-4-15(13)24-18(21)23/h1-6,11H,7-10H2. The number of nitrogens with zero attached hydrogens (tertiary/aromatic N) is 2. The Bertz CT molecular complexity index is 1010. The van der Waals surface area contributed by atoms with Crippen molar-refractivity contribution in [3.05, 3.63) is 58.0 Å². The van der Waals surface area contributed by atoms with E-state index in [4.69, 9.17) is 16.0 Å². The number of hydrogen-bond acceptors (Lipinski definition) is 4. The molecular weight excluding hydrogens is 360 g/mol. The SMILES string of the molecule is O=C(CCn1c(=O)oc2ccccc21)N1CCSc2ccc(Cl)cc21. The summed E-state index contributed by atoms with van der Waals surface area (Å²) in [5.41, 5.74) is 2.09. The molecule has 2 heterocycles. The molecule has 4 rings (SSSR count). The van der Waals surface area contributed by atoms with Gasteiger partial charge in [-0.3, -0.25) is 9.36 Å². The molecular formula is C18H15ClN2O3S. The number of fused-ring (bicyclic) bond motifs is 2. The largest absolute Gasteiger partial charge is 0.419 e. The minimum Gasteiger partial charge on any atom is -0.408 e. The molecule has 0 saturated heterocycles. The van der Waals surface area contributed by atoms with Gasteiger partial charge in [0.15, 0.2) is 5.58 Å². The lowest BCUT2D eigenvalue weighted by Gasteiger charge is -2.29. The van der Waals surface area contributed by atoms with Crippen LogP contribution < -0.4 is 10.7 Å². The number of benzene rings is 2. The van der Waals surface area contributed by atoms with Gasteiger partial charge in [0.05, 0.1) is 11.2 Å². The van der Waals surface area contributed by atoms with Crippen molar-refractivity contribution in [3.63, 3.8) is 0 Å². The van der Waals surface area contributed by atoms with Gasteiger partial charge in [-0.15, -0.1) is 11.8 Å². The smallest absolute Gasteiger partial charge is 0.408 e. The fraction of sp³-hybridized carbons (Fsp3) is 0.222. The first-order chi connectivity index (χ1) is 12.1. The third-order valence-electron chi connectivity index (χ3n) is 4.21. The predicted molar refractivity (Wildman–Crippen MR) is 99.6 cm³/mol. The van der Waals surface area contributed by atoms with Crippen molar-refractivity contribution in [3.8, 4) is 0 Å². The number of carbonyl (C=O) groups excluding carboxylic acids is 1. The Labute approximate surface area is 153 Å². The molecule has 3 aromatic rings. The van der Waals surface area contributed by atoms with Gasteiger partial charge < -0.3 is 9.32 Å². The summed E-state index contributed by atoms with van der Waals surface area (Å²) in [6, 6.07) is 12.8. The maximum absolute atomic E-state index is 12.7. The zero-order valence-electron chi connectivity index (χ0n) is 13.3. The summed E-state index contributed by atoms with van der Waals surface area (Å²) in [4.78, 5) is 27.6. The molecule has 0 atom stereocenters. The van der Waals surface area contributed by atoms with Crippen molar-refractivity contribution in [2.24, 2.45) is 0 Å². The number of amides is 1. The number of rotatable bonds is 3. The van der Waals surface area contributed by atoms with E-state index >= 15 is 0 Å². The first-order valence-electron chi connectivity index (χ1n) is 7.94. The van der Waals surface area contributed by atoms with Gasteiger partial charge >= 0.3 is 5.76 Å². The molecule has 0 saturated carbocycles. The van der Waals surface area contributed by atoms with Crippen LogP contribution in [0.5, 0.6) is 0 Å². The fourth-order valence-electron chi connectivity index (χ4n) is 3.02. The molecule has 1 aliphatic rings. The number of aromatic nitrogens is 1. The Hall–Kier alpha value is -2.18. The van der Waals surface area contributed by atoms with Gasteiger partial charge in [0, 0.05) is 35.2 Å². The molecule has 25 heavy (non-hydrogen) atoms. The van der Waals surface area contributed by atoms with E-state index < -0.39 is 5.76 Å². The second-order valence-corrected chi connectivity index (χ2v) is 7.32. The normalized spacial score (nSPS) is 13.9. The maximum atomic E-state index is 12.7. The van der Waals surface area contributed by atoms with Crippen LogP contribution in [0.1, 0.15) is 6.42 Å². The zero-order chi connectivity index (χ0) is 17.4. The molecule has 1 amide bonds. The Morgan fingerprint density at radius 2 is 2.08 bits per heavy atom. The van der Waals surface area contributed by atoms with Crippen molar-refractivity contribution in [2.45, 2.75) is 17.9 Å². The molecule has 5 nitrogen and oxygen atoms in total. The highest BCUT2D eigenvalue weighted by Crippen LogP contribution is 2.36. The quantitative estimate of drug-likeness (QED) is 0.700. The monoisotopic (exact) mass is 374 g/mol. The molecule has 0 unspecified atom stereocenters. The number of anilines is 1. The summed E-state index contributed by atoms with van der Waals surface area (Å²) >= 11 is 7.80. The van der Waals surface area contributed by atoms with E-state index in [0.29, 0.717) is 22.7 Å². The third kappa shape index (κ3) is 3.07. The average Bonchev–Trinajstić information content (AvgIpc) is 2.94. The van der Waals surface area contributed by atoms with Gasteiger partial charge in [-0.05, 0) is 30.3 Å². The first-order valence-corrected chi connectivity index (χ1v) is 9.31. The van der Waals surface area contributed by atoms with Gasteiger partial charge in [0.1, 0.15) is 0 Å². The number of para-hydroxylation sites is 2. The van der Waals surface area contributed by atoms with Crippen LogP contribution in [-0.4, -0.2) is 22.8 Å². The molecule has 1 aliphatic heterocycles. The fourth-order valence-corrected chi connectivity index (χ4v) is 4.16. The average molecular weight is 375 g/mol. The lowest BCUT2D eigenvalue weighted by Crippen LogP contribution is -2.36. The number of oxazole rings is 1. The van der Waals surface area contributed by atoms with Crippen molar-refractivity contribution >= 4 is 46.1 Å². The van der Waals surface area contributed by atoms with E-state index in [2.05, 4.69) is 0 Å². The predicted octanol–water partition coefficient (Wildman–Crippen LogP) is 3.78. The highest BCUT2D eigenvalue weighted by atomic mass is 35.5. The summed E-state index contributed by atoms with van der Waals surface area (Å²) in [6.45, 7) is 0.923. The summed E-state index contributed by atoms with van der Waals surface area (Å²) in [5, 5.41) is 0.607. The molecule has 0 N–H and O–H groups in total. The topological polar surface area (TPSA) is 55.5 Å². The van der Waals surface area contributed by atoms with Gasteiger partial charge in [0.2, 0.25) is 5.91 Å². The van der Waals surface area contributed by atoms with Crippen molar-refractivity contribution in [2.75, 3.05) is 17.2 Å². The summed E-state index contributed by atoms with van der Waals surface area (Å²) in [6.07, 6.45) is 0.222. The molecule has 0 aliphatic carbocycles. The van der Waals surface area contributed by atoms with Gasteiger partial charge in [-0.1, -0.05) is 23.7 Å².